The number of fused-ring (bicyclic) bond motifs is 1. The second kappa shape index (κ2) is 7.20. The molecule has 3 rings (SSSR count). The number of aryl methyl sites for hydroxylation is 1. The van der Waals surface area contributed by atoms with Gasteiger partial charge in [0.1, 0.15) is 5.69 Å². The number of amides is 2. The van der Waals surface area contributed by atoms with Gasteiger partial charge in [-0.15, -0.1) is 0 Å². The number of hydrogen-bond donors (Lipinski definition) is 2. The van der Waals surface area contributed by atoms with Crippen LogP contribution in [0.2, 0.25) is 5.02 Å². The summed E-state index contributed by atoms with van der Waals surface area (Å²) in [5.41, 5.74) is 5.72. The van der Waals surface area contributed by atoms with Crippen LogP contribution in [0, 0.1) is 0 Å². The highest BCUT2D eigenvalue weighted by molar-refractivity contribution is 9.10. The van der Waals surface area contributed by atoms with Gasteiger partial charge >= 0.3 is 0 Å². The summed E-state index contributed by atoms with van der Waals surface area (Å²) in [5, 5.41) is 0.401. The molecule has 0 radical (unpaired) electrons. The van der Waals surface area contributed by atoms with E-state index in [4.69, 9.17) is 21.1 Å². The lowest BCUT2D eigenvalue weighted by Gasteiger charge is -2.06. The molecule has 9 heteroatoms. The van der Waals surface area contributed by atoms with Gasteiger partial charge in [0.15, 0.2) is 11.5 Å². The summed E-state index contributed by atoms with van der Waals surface area (Å²) < 4.78 is 12.9. The second-order valence-electron chi connectivity index (χ2n) is 5.17. The predicted molar refractivity (Wildman–Crippen MR) is 95.3 cm³/mol. The van der Waals surface area contributed by atoms with Crippen LogP contribution >= 0.6 is 27.5 Å². The Kier molecular flexibility index (Phi) is 5.00. The van der Waals surface area contributed by atoms with E-state index < -0.39 is 11.8 Å². The average molecular weight is 427 g/mol. The smallest absolute Gasteiger partial charge is 0.286 e. The van der Waals surface area contributed by atoms with Crippen LogP contribution in [0.4, 0.5) is 0 Å². The maximum atomic E-state index is 12.0. The Morgan fingerprint density at radius 3 is 2.80 bits per heavy atom. The number of ether oxygens (including phenoxy) is 2. The van der Waals surface area contributed by atoms with Crippen molar-refractivity contribution in [3.63, 3.8) is 0 Å². The van der Waals surface area contributed by atoms with Gasteiger partial charge in [-0.1, -0.05) is 11.6 Å². The Labute approximate surface area is 156 Å². The molecule has 1 aliphatic rings. The van der Waals surface area contributed by atoms with Gasteiger partial charge in [0.2, 0.25) is 6.79 Å². The zero-order valence-corrected chi connectivity index (χ0v) is 15.3. The van der Waals surface area contributed by atoms with E-state index in [-0.39, 0.29) is 6.79 Å². The molecule has 1 aromatic heterocycles. The van der Waals surface area contributed by atoms with Crippen molar-refractivity contribution in [1.29, 1.82) is 0 Å². The normalized spacial score (nSPS) is 12.4. The molecule has 1 aromatic carbocycles. The minimum Gasteiger partial charge on any atom is -0.454 e. The maximum absolute atomic E-state index is 12.0. The Balaban J connectivity index is 1.59. The number of benzene rings is 1. The molecule has 0 bridgehead atoms. The van der Waals surface area contributed by atoms with E-state index in [2.05, 4.69) is 26.8 Å². The van der Waals surface area contributed by atoms with E-state index in [1.54, 1.807) is 42.1 Å². The number of hydrazine groups is 1. The van der Waals surface area contributed by atoms with Crippen LogP contribution in [-0.4, -0.2) is 23.2 Å². The van der Waals surface area contributed by atoms with Crippen LogP contribution in [0.15, 0.2) is 34.9 Å². The highest BCUT2D eigenvalue weighted by Gasteiger charge is 2.17. The highest BCUT2D eigenvalue weighted by Crippen LogP contribution is 2.40. The standard InChI is InChI=1S/C16H13BrClN3O4/c1-21-7-10(17)6-12(21)16(23)20-19-14(22)3-2-9-4-11(18)15-13(5-9)24-8-25-15/h2-7H,8H2,1H3,(H,19,22)(H,20,23)/b3-2+. The number of carbonyl (C=O) groups is 2. The summed E-state index contributed by atoms with van der Waals surface area (Å²) in [4.78, 5) is 23.8. The topological polar surface area (TPSA) is 81.6 Å². The zero-order chi connectivity index (χ0) is 18.0. The van der Waals surface area contributed by atoms with Gasteiger partial charge in [0, 0.05) is 23.8 Å². The van der Waals surface area contributed by atoms with E-state index in [1.807, 2.05) is 0 Å². The number of nitrogens with zero attached hydrogens (tertiary/aromatic N) is 1. The van der Waals surface area contributed by atoms with Gasteiger partial charge in [0.05, 0.1) is 5.02 Å². The van der Waals surface area contributed by atoms with Crippen LogP contribution < -0.4 is 20.3 Å². The van der Waals surface area contributed by atoms with Gasteiger partial charge in [0.25, 0.3) is 11.8 Å². The molecule has 0 spiro atoms. The van der Waals surface area contributed by atoms with Crippen LogP contribution in [0.5, 0.6) is 11.5 Å². The average Bonchev–Trinajstić information content (AvgIpc) is 3.17. The van der Waals surface area contributed by atoms with Crippen molar-refractivity contribution in [2.24, 2.45) is 7.05 Å². The molecule has 0 saturated heterocycles. The predicted octanol–water partition coefficient (Wildman–Crippen LogP) is 2.64. The van der Waals surface area contributed by atoms with Gasteiger partial charge in [-0.2, -0.15) is 0 Å². The molecule has 130 valence electrons. The van der Waals surface area contributed by atoms with Crippen molar-refractivity contribution in [2.45, 2.75) is 0 Å². The van der Waals surface area contributed by atoms with Crippen molar-refractivity contribution in [3.8, 4) is 11.5 Å². The van der Waals surface area contributed by atoms with Crippen LogP contribution in [-0.2, 0) is 11.8 Å². The Bertz CT molecular complexity index is 879. The minimum atomic E-state index is -0.490. The fourth-order valence-corrected chi connectivity index (χ4v) is 3.03. The molecule has 2 N–H and O–H groups in total. The summed E-state index contributed by atoms with van der Waals surface area (Å²) in [5.74, 6) is 0.0934. The number of aromatic nitrogens is 1. The van der Waals surface area contributed by atoms with Gasteiger partial charge in [-0.25, -0.2) is 0 Å². The van der Waals surface area contributed by atoms with Crippen molar-refractivity contribution in [3.05, 3.63) is 51.2 Å². The third kappa shape index (κ3) is 3.97. The van der Waals surface area contributed by atoms with Gasteiger partial charge in [-0.05, 0) is 45.8 Å². The summed E-state index contributed by atoms with van der Waals surface area (Å²) >= 11 is 9.35. The van der Waals surface area contributed by atoms with Crippen LogP contribution in [0.3, 0.4) is 0 Å². The molecule has 2 amide bonds. The van der Waals surface area contributed by atoms with E-state index >= 15 is 0 Å². The van der Waals surface area contributed by atoms with Crippen molar-refractivity contribution >= 4 is 45.4 Å². The lowest BCUT2D eigenvalue weighted by molar-refractivity contribution is -0.117. The molecule has 2 aromatic rings. The third-order valence-corrected chi connectivity index (χ3v) is 4.09. The first-order valence-corrected chi connectivity index (χ1v) is 8.30. The Hall–Kier alpha value is -2.45. The summed E-state index contributed by atoms with van der Waals surface area (Å²) in [7, 11) is 1.73. The van der Waals surface area contributed by atoms with E-state index in [1.165, 1.54) is 6.08 Å². The molecule has 25 heavy (non-hydrogen) atoms. The highest BCUT2D eigenvalue weighted by atomic mass is 79.9. The van der Waals surface area contributed by atoms with E-state index in [9.17, 15) is 9.59 Å². The molecule has 0 saturated carbocycles. The third-order valence-electron chi connectivity index (χ3n) is 3.38. The van der Waals surface area contributed by atoms with Crippen molar-refractivity contribution in [1.82, 2.24) is 15.4 Å². The van der Waals surface area contributed by atoms with E-state index in [0.717, 1.165) is 4.47 Å². The number of carbonyl (C=O) groups excluding carboxylic acids is 2. The number of hydrogen-bond acceptors (Lipinski definition) is 4. The second-order valence-corrected chi connectivity index (χ2v) is 6.49. The fourth-order valence-electron chi connectivity index (χ4n) is 2.23. The summed E-state index contributed by atoms with van der Waals surface area (Å²) in [6.45, 7) is 0.115. The fraction of sp³-hybridized carbons (Fsp3) is 0.125. The Morgan fingerprint density at radius 1 is 1.28 bits per heavy atom. The van der Waals surface area contributed by atoms with Crippen LogP contribution in [0.1, 0.15) is 16.1 Å². The first kappa shape index (κ1) is 17.4. The minimum absolute atomic E-state index is 0.115. The number of rotatable bonds is 3. The van der Waals surface area contributed by atoms with E-state index in [0.29, 0.717) is 27.8 Å². The van der Waals surface area contributed by atoms with Gasteiger partial charge < -0.3 is 14.0 Å². The molecular formula is C16H13BrClN3O4. The zero-order valence-electron chi connectivity index (χ0n) is 13.0. The SMILES string of the molecule is Cn1cc(Br)cc1C(=O)NNC(=O)/C=C/c1cc(Cl)c2c(c1)OCO2. The van der Waals surface area contributed by atoms with Gasteiger partial charge in [-0.3, -0.25) is 20.4 Å². The van der Waals surface area contributed by atoms with Crippen LogP contribution in [0.25, 0.3) is 6.08 Å². The first-order valence-electron chi connectivity index (χ1n) is 7.13. The summed E-state index contributed by atoms with van der Waals surface area (Å²) in [6.07, 6.45) is 4.56. The van der Waals surface area contributed by atoms with Crippen molar-refractivity contribution < 1.29 is 19.1 Å². The largest absolute Gasteiger partial charge is 0.454 e. The number of nitrogens with one attached hydrogen (secondary N) is 2. The maximum Gasteiger partial charge on any atom is 0.286 e. The monoisotopic (exact) mass is 425 g/mol. The lowest BCUT2D eigenvalue weighted by Crippen LogP contribution is -2.41. The molecule has 0 unspecified atom stereocenters. The first-order chi connectivity index (χ1) is 11.9. The Morgan fingerprint density at radius 2 is 2.08 bits per heavy atom. The molecule has 0 aliphatic carbocycles. The molecular weight excluding hydrogens is 414 g/mol. The summed E-state index contributed by atoms with van der Waals surface area (Å²) in [6, 6.07) is 5.00. The molecule has 0 atom stereocenters. The number of halogens is 2. The molecule has 7 nitrogen and oxygen atoms in total. The molecule has 1 aliphatic heterocycles. The lowest BCUT2D eigenvalue weighted by atomic mass is 10.2. The molecule has 2 heterocycles. The van der Waals surface area contributed by atoms with Crippen molar-refractivity contribution in [2.75, 3.05) is 6.79 Å². The molecule has 0 fully saturated rings. The quantitative estimate of drug-likeness (QED) is 0.584.